The summed E-state index contributed by atoms with van der Waals surface area (Å²) < 4.78 is 11.1. The maximum absolute atomic E-state index is 13.0. The van der Waals surface area contributed by atoms with Crippen molar-refractivity contribution < 1.29 is 44.9 Å². The van der Waals surface area contributed by atoms with Crippen molar-refractivity contribution in [1.29, 1.82) is 0 Å². The lowest BCUT2D eigenvalue weighted by molar-refractivity contribution is -0.303. The summed E-state index contributed by atoms with van der Waals surface area (Å²) in [5.41, 5.74) is 0. The molecule has 10 nitrogen and oxygen atoms in total. The van der Waals surface area contributed by atoms with Crippen LogP contribution in [-0.2, 0) is 14.3 Å². The molecule has 7 N–H and O–H groups in total. The van der Waals surface area contributed by atoms with Crippen LogP contribution in [-0.4, -0.2) is 98.7 Å². The molecule has 0 unspecified atom stereocenters. The normalized spacial score (nSPS) is 22.3. The summed E-state index contributed by atoms with van der Waals surface area (Å²) >= 11 is 0. The van der Waals surface area contributed by atoms with Crippen LogP contribution in [0.15, 0.2) is 0 Å². The van der Waals surface area contributed by atoms with Crippen molar-refractivity contribution in [1.82, 2.24) is 5.32 Å². The molecule has 0 saturated carbocycles. The first-order valence-electron chi connectivity index (χ1n) is 22.2. The van der Waals surface area contributed by atoms with Gasteiger partial charge >= 0.3 is 0 Å². The fourth-order valence-electron chi connectivity index (χ4n) is 7.32. The van der Waals surface area contributed by atoms with Crippen LogP contribution in [0.25, 0.3) is 0 Å². The van der Waals surface area contributed by atoms with Crippen LogP contribution in [0.2, 0.25) is 0 Å². The van der Waals surface area contributed by atoms with Gasteiger partial charge < -0.3 is 45.4 Å². The maximum Gasteiger partial charge on any atom is 0.220 e. The van der Waals surface area contributed by atoms with Gasteiger partial charge in [0, 0.05) is 6.42 Å². The predicted octanol–water partition coefficient (Wildman–Crippen LogP) is 7.61. The van der Waals surface area contributed by atoms with Gasteiger partial charge in [-0.05, 0) is 18.8 Å². The molecule has 0 spiro atoms. The predicted molar refractivity (Wildman–Crippen MR) is 213 cm³/mol. The number of carbonyl (C=O) groups excluding carboxylic acids is 1. The van der Waals surface area contributed by atoms with Gasteiger partial charge in [0.15, 0.2) is 6.29 Å². The second kappa shape index (κ2) is 33.3. The third-order valence-corrected chi connectivity index (χ3v) is 11.0. The lowest BCUT2D eigenvalue weighted by atomic mass is 9.98. The Labute approximate surface area is 324 Å². The molecule has 53 heavy (non-hydrogen) atoms. The summed E-state index contributed by atoms with van der Waals surface area (Å²) in [6.07, 6.45) is 22.7. The molecule has 0 aromatic rings. The summed E-state index contributed by atoms with van der Waals surface area (Å²) in [5, 5.41) is 65.0. The molecule has 0 aromatic carbocycles. The van der Waals surface area contributed by atoms with Crippen LogP contribution < -0.4 is 5.32 Å². The number of hydrogen-bond acceptors (Lipinski definition) is 9. The Hall–Kier alpha value is -0.850. The van der Waals surface area contributed by atoms with E-state index >= 15 is 0 Å². The zero-order valence-corrected chi connectivity index (χ0v) is 34.3. The molecule has 8 atom stereocenters. The SMILES string of the molecule is CCCCCCCCCCCCCCCCCCCC(=O)N[C@@H](CO[C@@H]1O[C@H](CO)[C@@H](O)[C@H](O)[C@H]1O)[C@H](O)[C@H](O)CCCCCCCCCCC(C)C. The molecular formula is C43H85NO9. The third kappa shape index (κ3) is 25.1. The highest BCUT2D eigenvalue weighted by Crippen LogP contribution is 2.23. The molecule has 0 aliphatic carbocycles. The highest BCUT2D eigenvalue weighted by atomic mass is 16.7. The number of hydrogen-bond donors (Lipinski definition) is 7. The molecule has 1 saturated heterocycles. The molecule has 1 aliphatic rings. The van der Waals surface area contributed by atoms with E-state index in [0.29, 0.717) is 6.42 Å². The zero-order valence-electron chi connectivity index (χ0n) is 34.3. The van der Waals surface area contributed by atoms with E-state index in [1.54, 1.807) is 0 Å². The van der Waals surface area contributed by atoms with Gasteiger partial charge in [-0.25, -0.2) is 0 Å². The maximum atomic E-state index is 13.0. The van der Waals surface area contributed by atoms with Crippen molar-refractivity contribution >= 4 is 5.91 Å². The quantitative estimate of drug-likeness (QED) is 0.0318. The largest absolute Gasteiger partial charge is 0.394 e. The van der Waals surface area contributed by atoms with Gasteiger partial charge in [-0.15, -0.1) is 0 Å². The average Bonchev–Trinajstić information content (AvgIpc) is 3.14. The van der Waals surface area contributed by atoms with Crippen molar-refractivity contribution in [3.8, 4) is 0 Å². The van der Waals surface area contributed by atoms with Gasteiger partial charge in [-0.2, -0.15) is 0 Å². The number of amides is 1. The first-order chi connectivity index (χ1) is 25.6. The monoisotopic (exact) mass is 760 g/mol. The molecule has 1 rings (SSSR count). The Balaban J connectivity index is 2.39. The number of unbranched alkanes of at least 4 members (excludes halogenated alkanes) is 23. The molecule has 316 valence electrons. The van der Waals surface area contributed by atoms with Gasteiger partial charge in [0.2, 0.25) is 5.91 Å². The van der Waals surface area contributed by atoms with Gasteiger partial charge in [-0.3, -0.25) is 4.79 Å². The number of nitrogens with one attached hydrogen (secondary N) is 1. The van der Waals surface area contributed by atoms with Gasteiger partial charge in [0.25, 0.3) is 0 Å². The number of carbonyl (C=O) groups is 1. The van der Waals surface area contributed by atoms with Crippen molar-refractivity contribution in [2.24, 2.45) is 5.92 Å². The van der Waals surface area contributed by atoms with E-state index in [-0.39, 0.29) is 18.9 Å². The van der Waals surface area contributed by atoms with Crippen molar-refractivity contribution in [2.75, 3.05) is 13.2 Å². The minimum Gasteiger partial charge on any atom is -0.394 e. The lowest BCUT2D eigenvalue weighted by Crippen LogP contribution is -2.60. The summed E-state index contributed by atoms with van der Waals surface area (Å²) in [4.78, 5) is 13.0. The Bertz CT molecular complexity index is 832. The molecule has 1 fully saturated rings. The lowest BCUT2D eigenvalue weighted by Gasteiger charge is -2.40. The number of ether oxygens (including phenoxy) is 2. The number of aliphatic hydroxyl groups excluding tert-OH is 6. The number of rotatable bonds is 36. The van der Waals surface area contributed by atoms with Crippen LogP contribution in [0.1, 0.15) is 201 Å². The van der Waals surface area contributed by atoms with E-state index in [1.165, 1.54) is 116 Å². The molecule has 0 radical (unpaired) electrons. The Morgan fingerprint density at radius 1 is 0.623 bits per heavy atom. The smallest absolute Gasteiger partial charge is 0.220 e. The first kappa shape index (κ1) is 50.2. The number of aliphatic hydroxyl groups is 6. The molecule has 1 heterocycles. The van der Waals surface area contributed by atoms with Gasteiger partial charge in [-0.1, -0.05) is 181 Å². The Kier molecular flexibility index (Phi) is 31.5. The fourth-order valence-corrected chi connectivity index (χ4v) is 7.32. The van der Waals surface area contributed by atoms with E-state index in [0.717, 1.165) is 57.3 Å². The topological polar surface area (TPSA) is 169 Å². The Morgan fingerprint density at radius 2 is 1.06 bits per heavy atom. The highest BCUT2D eigenvalue weighted by Gasteiger charge is 2.44. The minimum absolute atomic E-state index is 0.256. The van der Waals surface area contributed by atoms with E-state index < -0.39 is 55.6 Å². The van der Waals surface area contributed by atoms with E-state index in [2.05, 4.69) is 26.1 Å². The van der Waals surface area contributed by atoms with Crippen LogP contribution in [0.5, 0.6) is 0 Å². The molecule has 1 amide bonds. The van der Waals surface area contributed by atoms with Crippen LogP contribution in [0.3, 0.4) is 0 Å². The average molecular weight is 760 g/mol. The van der Waals surface area contributed by atoms with Crippen LogP contribution in [0, 0.1) is 5.92 Å². The first-order valence-corrected chi connectivity index (χ1v) is 22.2. The minimum atomic E-state index is -1.60. The summed E-state index contributed by atoms with van der Waals surface area (Å²) in [6, 6.07) is -0.985. The second-order valence-electron chi connectivity index (χ2n) is 16.5. The Morgan fingerprint density at radius 3 is 1.51 bits per heavy atom. The fraction of sp³-hybridized carbons (Fsp3) is 0.977. The van der Waals surface area contributed by atoms with Crippen molar-refractivity contribution in [2.45, 2.75) is 250 Å². The van der Waals surface area contributed by atoms with Gasteiger partial charge in [0.05, 0.1) is 25.4 Å². The molecule has 10 heteroatoms. The molecule has 1 aliphatic heterocycles. The highest BCUT2D eigenvalue weighted by molar-refractivity contribution is 5.76. The van der Waals surface area contributed by atoms with E-state index in [9.17, 15) is 35.4 Å². The van der Waals surface area contributed by atoms with Crippen molar-refractivity contribution in [3.63, 3.8) is 0 Å². The van der Waals surface area contributed by atoms with Crippen LogP contribution in [0.4, 0.5) is 0 Å². The summed E-state index contributed by atoms with van der Waals surface area (Å²) in [5.74, 6) is 0.505. The molecule has 0 bridgehead atoms. The standard InChI is InChI=1S/C43H85NO9/c1-4-5-6-7-8-9-10-11-12-13-14-15-16-17-22-25-28-31-38(47)44-35(33-52-43-42(51)41(50)40(49)37(32-45)53-43)39(48)36(46)30-27-24-21-19-18-20-23-26-29-34(2)3/h34-37,39-43,45-46,48-51H,4-33H2,1-3H3,(H,44,47)/t35-,36+,37+,39-,40+,41-,42+,43+/m0/s1. The molecule has 0 aromatic heterocycles. The van der Waals surface area contributed by atoms with E-state index in [4.69, 9.17) is 9.47 Å². The van der Waals surface area contributed by atoms with E-state index in [1.807, 2.05) is 0 Å². The second-order valence-corrected chi connectivity index (χ2v) is 16.5. The summed E-state index contributed by atoms with van der Waals surface area (Å²) in [7, 11) is 0. The molecular weight excluding hydrogens is 674 g/mol. The summed E-state index contributed by atoms with van der Waals surface area (Å²) in [6.45, 7) is 5.89. The third-order valence-electron chi connectivity index (χ3n) is 11.0. The zero-order chi connectivity index (χ0) is 39.1. The van der Waals surface area contributed by atoms with Crippen molar-refractivity contribution in [3.05, 3.63) is 0 Å². The van der Waals surface area contributed by atoms with Gasteiger partial charge in [0.1, 0.15) is 30.5 Å². The van der Waals surface area contributed by atoms with Crippen LogP contribution >= 0.6 is 0 Å².